The lowest BCUT2D eigenvalue weighted by Gasteiger charge is -2.12. The summed E-state index contributed by atoms with van der Waals surface area (Å²) < 4.78 is 16.3. The Bertz CT molecular complexity index is 426. The maximum atomic E-state index is 11.3. The zero-order chi connectivity index (χ0) is 15.0. The molecule has 0 saturated heterocycles. The second kappa shape index (κ2) is 8.59. The molecule has 4 heteroatoms. The van der Waals surface area contributed by atoms with E-state index in [0.717, 1.165) is 13.0 Å². The fourth-order valence-electron chi connectivity index (χ4n) is 1.64. The van der Waals surface area contributed by atoms with Crippen LogP contribution < -0.4 is 9.47 Å². The van der Waals surface area contributed by atoms with Crippen molar-refractivity contribution in [3.8, 4) is 11.5 Å². The zero-order valence-electron chi connectivity index (χ0n) is 12.8. The first-order chi connectivity index (χ1) is 9.54. The van der Waals surface area contributed by atoms with Crippen LogP contribution >= 0.6 is 0 Å². The van der Waals surface area contributed by atoms with Gasteiger partial charge in [0.05, 0.1) is 13.7 Å². The van der Waals surface area contributed by atoms with Crippen LogP contribution in [0.15, 0.2) is 18.2 Å². The van der Waals surface area contributed by atoms with Crippen molar-refractivity contribution in [2.24, 2.45) is 5.92 Å². The van der Waals surface area contributed by atoms with E-state index in [-0.39, 0.29) is 5.78 Å². The Morgan fingerprint density at radius 1 is 1.15 bits per heavy atom. The number of rotatable bonds is 9. The van der Waals surface area contributed by atoms with E-state index in [9.17, 15) is 4.79 Å². The molecule has 0 aliphatic heterocycles. The van der Waals surface area contributed by atoms with Crippen molar-refractivity contribution in [1.29, 1.82) is 0 Å². The van der Waals surface area contributed by atoms with Gasteiger partial charge in [0.2, 0.25) is 0 Å². The molecule has 0 spiro atoms. The smallest absolute Gasteiger partial charge is 0.161 e. The van der Waals surface area contributed by atoms with Crippen molar-refractivity contribution in [1.82, 2.24) is 0 Å². The molecule has 0 amide bonds. The van der Waals surface area contributed by atoms with Gasteiger partial charge in [-0.15, -0.1) is 0 Å². The molecule has 0 heterocycles. The zero-order valence-corrected chi connectivity index (χ0v) is 12.8. The molecule has 0 aromatic heterocycles. The standard InChI is InChI=1S/C16H24O4/c1-12(2)7-8-19-9-10-20-15-6-5-14(13(3)17)11-16(15)18-4/h5-6,11-12H,7-10H2,1-4H3. The van der Waals surface area contributed by atoms with Crippen LogP contribution in [0, 0.1) is 5.92 Å². The lowest BCUT2D eigenvalue weighted by molar-refractivity contribution is 0.0915. The number of benzene rings is 1. The summed E-state index contributed by atoms with van der Waals surface area (Å²) in [5, 5.41) is 0. The summed E-state index contributed by atoms with van der Waals surface area (Å²) in [6.07, 6.45) is 1.05. The van der Waals surface area contributed by atoms with Gasteiger partial charge in [-0.3, -0.25) is 4.79 Å². The molecule has 1 rings (SSSR count). The molecule has 0 atom stereocenters. The lowest BCUT2D eigenvalue weighted by atomic mass is 10.1. The van der Waals surface area contributed by atoms with E-state index in [1.54, 1.807) is 25.3 Å². The molecule has 0 bridgehead atoms. The number of hydrogen-bond acceptors (Lipinski definition) is 4. The number of carbonyl (C=O) groups is 1. The first-order valence-corrected chi connectivity index (χ1v) is 6.94. The number of hydrogen-bond donors (Lipinski definition) is 0. The summed E-state index contributed by atoms with van der Waals surface area (Å²) in [7, 11) is 1.56. The fraction of sp³-hybridized carbons (Fsp3) is 0.562. The van der Waals surface area contributed by atoms with Crippen molar-refractivity contribution in [3.63, 3.8) is 0 Å². The number of methoxy groups -OCH3 is 1. The van der Waals surface area contributed by atoms with Gasteiger partial charge >= 0.3 is 0 Å². The highest BCUT2D eigenvalue weighted by molar-refractivity contribution is 5.94. The molecule has 0 saturated carbocycles. The molecule has 0 radical (unpaired) electrons. The minimum Gasteiger partial charge on any atom is -0.493 e. The van der Waals surface area contributed by atoms with E-state index < -0.39 is 0 Å². The molecule has 1 aromatic carbocycles. The quantitative estimate of drug-likeness (QED) is 0.514. The third-order valence-electron chi connectivity index (χ3n) is 2.89. The van der Waals surface area contributed by atoms with Crippen LogP contribution in [0.3, 0.4) is 0 Å². The van der Waals surface area contributed by atoms with Crippen molar-refractivity contribution < 1.29 is 19.0 Å². The average molecular weight is 280 g/mol. The summed E-state index contributed by atoms with van der Waals surface area (Å²) in [4.78, 5) is 11.3. The van der Waals surface area contributed by atoms with Gasteiger partial charge in [0.15, 0.2) is 17.3 Å². The Morgan fingerprint density at radius 3 is 2.50 bits per heavy atom. The van der Waals surface area contributed by atoms with Crippen LogP contribution in [0.4, 0.5) is 0 Å². The molecule has 1 aromatic rings. The van der Waals surface area contributed by atoms with E-state index in [1.165, 1.54) is 6.92 Å². The van der Waals surface area contributed by atoms with Crippen LogP contribution in [0.25, 0.3) is 0 Å². The third kappa shape index (κ3) is 5.61. The number of carbonyl (C=O) groups excluding carboxylic acids is 1. The number of Topliss-reactive ketones (excluding diaryl/α,β-unsaturated/α-hetero) is 1. The molecule has 0 unspecified atom stereocenters. The highest BCUT2D eigenvalue weighted by atomic mass is 16.5. The largest absolute Gasteiger partial charge is 0.493 e. The van der Waals surface area contributed by atoms with E-state index in [1.807, 2.05) is 0 Å². The van der Waals surface area contributed by atoms with Crippen LogP contribution in [0.1, 0.15) is 37.6 Å². The van der Waals surface area contributed by atoms with Crippen LogP contribution in [0.5, 0.6) is 11.5 Å². The number of ketones is 1. The highest BCUT2D eigenvalue weighted by Gasteiger charge is 2.08. The Kier molecular flexibility index (Phi) is 7.09. The van der Waals surface area contributed by atoms with E-state index >= 15 is 0 Å². The van der Waals surface area contributed by atoms with Gasteiger partial charge in [-0.2, -0.15) is 0 Å². The van der Waals surface area contributed by atoms with Gasteiger partial charge in [0.25, 0.3) is 0 Å². The predicted octanol–water partition coefficient (Wildman–Crippen LogP) is 3.34. The molecule has 0 aliphatic rings. The molecule has 4 nitrogen and oxygen atoms in total. The monoisotopic (exact) mass is 280 g/mol. The predicted molar refractivity (Wildman–Crippen MR) is 78.8 cm³/mol. The average Bonchev–Trinajstić information content (AvgIpc) is 2.42. The molecule has 0 aliphatic carbocycles. The Morgan fingerprint density at radius 2 is 1.90 bits per heavy atom. The highest BCUT2D eigenvalue weighted by Crippen LogP contribution is 2.28. The second-order valence-corrected chi connectivity index (χ2v) is 5.07. The normalized spacial score (nSPS) is 10.7. The lowest BCUT2D eigenvalue weighted by Crippen LogP contribution is -2.09. The molecule has 0 fully saturated rings. The molecule has 112 valence electrons. The van der Waals surface area contributed by atoms with Gasteiger partial charge in [0.1, 0.15) is 6.61 Å². The minimum absolute atomic E-state index is 0.00636. The van der Waals surface area contributed by atoms with Gasteiger partial charge in [0, 0.05) is 12.2 Å². The first-order valence-electron chi connectivity index (χ1n) is 6.94. The minimum atomic E-state index is 0.00636. The third-order valence-corrected chi connectivity index (χ3v) is 2.89. The summed E-state index contributed by atoms with van der Waals surface area (Å²) in [5.74, 6) is 1.85. The van der Waals surface area contributed by atoms with E-state index in [4.69, 9.17) is 14.2 Å². The van der Waals surface area contributed by atoms with E-state index in [2.05, 4.69) is 13.8 Å². The van der Waals surface area contributed by atoms with Crippen molar-refractivity contribution in [2.75, 3.05) is 26.9 Å². The molecular weight excluding hydrogens is 256 g/mol. The molecule has 20 heavy (non-hydrogen) atoms. The first kappa shape index (κ1) is 16.5. The van der Waals surface area contributed by atoms with Gasteiger partial charge in [-0.25, -0.2) is 0 Å². The molecule has 0 N–H and O–H groups in total. The van der Waals surface area contributed by atoms with Gasteiger partial charge in [-0.1, -0.05) is 13.8 Å². The summed E-state index contributed by atoms with van der Waals surface area (Å²) in [6.45, 7) is 7.63. The summed E-state index contributed by atoms with van der Waals surface area (Å²) >= 11 is 0. The summed E-state index contributed by atoms with van der Waals surface area (Å²) in [5.41, 5.74) is 0.613. The maximum absolute atomic E-state index is 11.3. The number of ether oxygens (including phenoxy) is 3. The van der Waals surface area contributed by atoms with Crippen molar-refractivity contribution >= 4 is 5.78 Å². The van der Waals surface area contributed by atoms with E-state index in [0.29, 0.717) is 36.2 Å². The van der Waals surface area contributed by atoms with Crippen LogP contribution in [-0.2, 0) is 4.74 Å². The van der Waals surface area contributed by atoms with Crippen molar-refractivity contribution in [2.45, 2.75) is 27.2 Å². The van der Waals surface area contributed by atoms with Crippen molar-refractivity contribution in [3.05, 3.63) is 23.8 Å². The molecular formula is C16H24O4. The SMILES string of the molecule is COc1cc(C(C)=O)ccc1OCCOCCC(C)C. The fourth-order valence-corrected chi connectivity index (χ4v) is 1.64. The van der Waals surface area contributed by atoms with Crippen LogP contribution in [-0.4, -0.2) is 32.7 Å². The second-order valence-electron chi connectivity index (χ2n) is 5.07. The Hall–Kier alpha value is -1.55. The van der Waals surface area contributed by atoms with Gasteiger partial charge in [-0.05, 0) is 37.5 Å². The maximum Gasteiger partial charge on any atom is 0.161 e. The Labute approximate surface area is 121 Å². The van der Waals surface area contributed by atoms with Crippen LogP contribution in [0.2, 0.25) is 0 Å². The summed E-state index contributed by atoms with van der Waals surface area (Å²) in [6, 6.07) is 5.18. The van der Waals surface area contributed by atoms with Gasteiger partial charge < -0.3 is 14.2 Å². The topological polar surface area (TPSA) is 44.8 Å². The Balaban J connectivity index is 2.41.